The number of nitro groups is 1. The maximum absolute atomic E-state index is 13.5. The van der Waals surface area contributed by atoms with Gasteiger partial charge in [-0.05, 0) is 47.0 Å². The molecule has 1 aliphatic rings. The fraction of sp³-hybridized carbons (Fsp3) is 0.0690. The van der Waals surface area contributed by atoms with Crippen molar-refractivity contribution in [3.05, 3.63) is 117 Å². The number of para-hydroxylation sites is 1. The molecule has 0 aromatic heterocycles. The monoisotopic (exact) mass is 507 g/mol. The van der Waals surface area contributed by atoms with E-state index in [0.717, 1.165) is 15.7 Å². The van der Waals surface area contributed by atoms with Gasteiger partial charge in [-0.3, -0.25) is 25.0 Å². The Morgan fingerprint density at radius 3 is 2.50 bits per heavy atom. The van der Waals surface area contributed by atoms with Gasteiger partial charge in [0, 0.05) is 17.7 Å². The molecule has 9 heteroatoms. The van der Waals surface area contributed by atoms with Crippen molar-refractivity contribution in [2.75, 3.05) is 4.90 Å². The molecule has 1 N–H and O–H groups in total. The third-order valence-electron chi connectivity index (χ3n) is 6.19. The highest BCUT2D eigenvalue weighted by Gasteiger charge is 2.37. The summed E-state index contributed by atoms with van der Waals surface area (Å²) < 4.78 is 6.04. The van der Waals surface area contributed by atoms with Gasteiger partial charge in [-0.15, -0.1) is 0 Å². The normalized spacial score (nSPS) is 14.6. The molecule has 188 valence electrons. The van der Waals surface area contributed by atoms with Crippen molar-refractivity contribution < 1.29 is 24.0 Å². The Kier molecular flexibility index (Phi) is 6.40. The molecule has 0 saturated carbocycles. The minimum absolute atomic E-state index is 0.0180. The summed E-state index contributed by atoms with van der Waals surface area (Å²) in [5.41, 5.74) is 1.81. The lowest BCUT2D eigenvalue weighted by Gasteiger charge is -2.27. The average molecular weight is 508 g/mol. The Balaban J connectivity index is 1.58. The summed E-state index contributed by atoms with van der Waals surface area (Å²) in [5, 5.41) is 15.0. The van der Waals surface area contributed by atoms with Crippen LogP contribution in [0.4, 0.5) is 16.2 Å². The van der Waals surface area contributed by atoms with Crippen LogP contribution in [0.5, 0.6) is 5.75 Å². The van der Waals surface area contributed by atoms with Crippen LogP contribution in [0.25, 0.3) is 16.8 Å². The lowest BCUT2D eigenvalue weighted by atomic mass is 9.99. The van der Waals surface area contributed by atoms with Crippen LogP contribution in [0.1, 0.15) is 16.7 Å². The summed E-state index contributed by atoms with van der Waals surface area (Å²) in [6.45, 7) is 1.78. The molecule has 9 nitrogen and oxygen atoms in total. The number of aryl methyl sites for hydroxylation is 1. The number of rotatable bonds is 6. The van der Waals surface area contributed by atoms with Crippen molar-refractivity contribution in [1.29, 1.82) is 0 Å². The Morgan fingerprint density at radius 1 is 0.947 bits per heavy atom. The average Bonchev–Trinajstić information content (AvgIpc) is 2.91. The zero-order valence-electron chi connectivity index (χ0n) is 20.2. The zero-order valence-corrected chi connectivity index (χ0v) is 20.2. The van der Waals surface area contributed by atoms with Gasteiger partial charge in [0.25, 0.3) is 17.5 Å². The summed E-state index contributed by atoms with van der Waals surface area (Å²) >= 11 is 0. The number of hydrogen-bond acceptors (Lipinski definition) is 6. The molecule has 0 unspecified atom stereocenters. The Bertz CT molecular complexity index is 1660. The molecule has 0 radical (unpaired) electrons. The Hall–Kier alpha value is -5.31. The van der Waals surface area contributed by atoms with Crippen molar-refractivity contribution in [3.63, 3.8) is 0 Å². The number of benzene rings is 4. The number of urea groups is 1. The number of amides is 4. The third kappa shape index (κ3) is 4.60. The van der Waals surface area contributed by atoms with E-state index in [1.807, 2.05) is 30.3 Å². The molecule has 1 saturated heterocycles. The molecule has 0 aliphatic carbocycles. The van der Waals surface area contributed by atoms with Gasteiger partial charge in [-0.25, -0.2) is 9.69 Å². The maximum Gasteiger partial charge on any atom is 0.335 e. The molecule has 0 spiro atoms. The quantitative estimate of drug-likeness (QED) is 0.164. The first-order valence-corrected chi connectivity index (χ1v) is 11.7. The fourth-order valence-electron chi connectivity index (χ4n) is 4.31. The van der Waals surface area contributed by atoms with Gasteiger partial charge in [0.15, 0.2) is 0 Å². The minimum Gasteiger partial charge on any atom is -0.488 e. The van der Waals surface area contributed by atoms with Crippen LogP contribution in [0.3, 0.4) is 0 Å². The van der Waals surface area contributed by atoms with Gasteiger partial charge in [-0.1, -0.05) is 60.7 Å². The number of fused-ring (bicyclic) bond motifs is 1. The van der Waals surface area contributed by atoms with E-state index in [1.54, 1.807) is 49.4 Å². The van der Waals surface area contributed by atoms with E-state index in [2.05, 4.69) is 5.32 Å². The number of nitrogens with zero attached hydrogens (tertiary/aromatic N) is 2. The van der Waals surface area contributed by atoms with Gasteiger partial charge < -0.3 is 4.74 Å². The van der Waals surface area contributed by atoms with Crippen LogP contribution >= 0.6 is 0 Å². The lowest BCUT2D eigenvalue weighted by Crippen LogP contribution is -2.54. The first-order chi connectivity index (χ1) is 18.3. The van der Waals surface area contributed by atoms with Crippen LogP contribution in [-0.4, -0.2) is 22.8 Å². The van der Waals surface area contributed by atoms with Crippen LogP contribution in [0, 0.1) is 17.0 Å². The molecule has 1 aliphatic heterocycles. The van der Waals surface area contributed by atoms with Gasteiger partial charge in [0.1, 0.15) is 17.9 Å². The highest BCUT2D eigenvalue weighted by atomic mass is 16.6. The van der Waals surface area contributed by atoms with Crippen LogP contribution in [0.2, 0.25) is 0 Å². The van der Waals surface area contributed by atoms with Crippen molar-refractivity contribution in [1.82, 2.24) is 5.32 Å². The smallest absolute Gasteiger partial charge is 0.335 e. The standard InChI is InChI=1S/C29H21N3O6/c1-18-7-2-5-12-25(18)31-28(34)24(27(33)30-29(31)35)16-23-22-11-4-3-9-20(22)13-14-26(23)38-17-19-8-6-10-21(15-19)32(36)37/h2-16H,17H2,1H3,(H,30,33,35)/b24-16+. The number of nitro benzene ring substituents is 1. The number of non-ortho nitro benzene ring substituents is 1. The SMILES string of the molecule is Cc1ccccc1N1C(=O)NC(=O)/C(=C\c2c(OCc3cccc([N+](=O)[O-])c3)ccc3ccccc23)C1=O. The number of imide groups is 2. The summed E-state index contributed by atoms with van der Waals surface area (Å²) in [6.07, 6.45) is 1.42. The van der Waals surface area contributed by atoms with Gasteiger partial charge in [-0.2, -0.15) is 0 Å². The topological polar surface area (TPSA) is 119 Å². The molecule has 1 fully saturated rings. The second-order valence-electron chi connectivity index (χ2n) is 8.66. The van der Waals surface area contributed by atoms with Crippen molar-refractivity contribution in [2.24, 2.45) is 0 Å². The van der Waals surface area contributed by atoms with Gasteiger partial charge in [0.05, 0.1) is 10.6 Å². The summed E-state index contributed by atoms with van der Waals surface area (Å²) in [7, 11) is 0. The molecule has 0 atom stereocenters. The molecule has 0 bridgehead atoms. The second-order valence-corrected chi connectivity index (χ2v) is 8.66. The molecular formula is C29H21N3O6. The fourth-order valence-corrected chi connectivity index (χ4v) is 4.31. The van der Waals surface area contributed by atoms with E-state index in [9.17, 15) is 24.5 Å². The molecule has 38 heavy (non-hydrogen) atoms. The van der Waals surface area contributed by atoms with Crippen molar-refractivity contribution >= 4 is 46.1 Å². The minimum atomic E-state index is -0.827. The first-order valence-electron chi connectivity index (χ1n) is 11.7. The number of ether oxygens (including phenoxy) is 1. The maximum atomic E-state index is 13.5. The Labute approximate surface area is 217 Å². The highest BCUT2D eigenvalue weighted by molar-refractivity contribution is 6.39. The predicted octanol–water partition coefficient (Wildman–Crippen LogP) is 5.30. The highest BCUT2D eigenvalue weighted by Crippen LogP contribution is 2.33. The second kappa shape index (κ2) is 9.98. The van der Waals surface area contributed by atoms with E-state index in [1.165, 1.54) is 18.2 Å². The van der Waals surface area contributed by atoms with Gasteiger partial charge >= 0.3 is 6.03 Å². The third-order valence-corrected chi connectivity index (χ3v) is 6.19. The molecule has 1 heterocycles. The largest absolute Gasteiger partial charge is 0.488 e. The van der Waals surface area contributed by atoms with Crippen molar-refractivity contribution in [2.45, 2.75) is 13.5 Å². The number of anilines is 1. The first kappa shape index (κ1) is 24.4. The summed E-state index contributed by atoms with van der Waals surface area (Å²) in [5.74, 6) is -1.21. The van der Waals surface area contributed by atoms with Gasteiger partial charge in [0.2, 0.25) is 0 Å². The van der Waals surface area contributed by atoms with E-state index in [4.69, 9.17) is 4.74 Å². The van der Waals surface area contributed by atoms with Crippen molar-refractivity contribution in [3.8, 4) is 5.75 Å². The number of barbiturate groups is 1. The van der Waals surface area contributed by atoms with E-state index < -0.39 is 22.8 Å². The van der Waals surface area contributed by atoms with Crippen LogP contribution < -0.4 is 15.0 Å². The molecular weight excluding hydrogens is 486 g/mol. The summed E-state index contributed by atoms with van der Waals surface area (Å²) in [6, 6.07) is 23.1. The predicted molar refractivity (Wildman–Crippen MR) is 142 cm³/mol. The van der Waals surface area contributed by atoms with Crippen LogP contribution in [0.15, 0.2) is 90.5 Å². The van der Waals surface area contributed by atoms with E-state index >= 15 is 0 Å². The Morgan fingerprint density at radius 2 is 1.71 bits per heavy atom. The number of carbonyl (C=O) groups excluding carboxylic acids is 3. The molecule has 5 rings (SSSR count). The summed E-state index contributed by atoms with van der Waals surface area (Å²) in [4.78, 5) is 50.6. The van der Waals surface area contributed by atoms with E-state index in [-0.39, 0.29) is 17.9 Å². The lowest BCUT2D eigenvalue weighted by molar-refractivity contribution is -0.384. The molecule has 4 amide bonds. The number of hydrogen-bond donors (Lipinski definition) is 1. The zero-order chi connectivity index (χ0) is 26.8. The molecule has 4 aromatic carbocycles. The van der Waals surface area contributed by atoms with Crippen LogP contribution in [-0.2, 0) is 16.2 Å². The van der Waals surface area contributed by atoms with E-state index in [0.29, 0.717) is 28.1 Å². The number of carbonyl (C=O) groups is 3. The number of nitrogens with one attached hydrogen (secondary N) is 1. The molecule has 4 aromatic rings.